The predicted octanol–water partition coefficient (Wildman–Crippen LogP) is 4.19. The SMILES string of the molecule is Cc1cccc(C(=O)Cc2ccnc(-c3ccc(OCc4cn(C)cn4)cc3)c2)n1. The molecule has 0 bridgehead atoms. The number of aromatic nitrogens is 4. The molecule has 150 valence electrons. The summed E-state index contributed by atoms with van der Waals surface area (Å²) in [6.07, 6.45) is 5.70. The third-order valence-corrected chi connectivity index (χ3v) is 4.66. The van der Waals surface area contributed by atoms with Crippen molar-refractivity contribution in [2.24, 2.45) is 7.05 Å². The molecule has 30 heavy (non-hydrogen) atoms. The maximum Gasteiger partial charge on any atom is 0.185 e. The lowest BCUT2D eigenvalue weighted by molar-refractivity contribution is 0.0988. The molecular weight excluding hydrogens is 376 g/mol. The number of aryl methyl sites for hydroxylation is 2. The summed E-state index contributed by atoms with van der Waals surface area (Å²) in [7, 11) is 1.93. The highest BCUT2D eigenvalue weighted by Crippen LogP contribution is 2.22. The Kier molecular flexibility index (Phi) is 5.66. The number of benzene rings is 1. The Balaban J connectivity index is 1.43. The first kappa shape index (κ1) is 19.5. The van der Waals surface area contributed by atoms with Gasteiger partial charge in [-0.15, -0.1) is 0 Å². The van der Waals surface area contributed by atoms with Crippen LogP contribution in [0.2, 0.25) is 0 Å². The minimum atomic E-state index is -0.00545. The van der Waals surface area contributed by atoms with Gasteiger partial charge in [0.2, 0.25) is 0 Å². The van der Waals surface area contributed by atoms with E-state index in [9.17, 15) is 4.79 Å². The monoisotopic (exact) mass is 398 g/mol. The first-order valence-electron chi connectivity index (χ1n) is 9.69. The van der Waals surface area contributed by atoms with Crippen molar-refractivity contribution >= 4 is 5.78 Å². The first-order chi connectivity index (χ1) is 14.6. The van der Waals surface area contributed by atoms with E-state index >= 15 is 0 Å². The van der Waals surface area contributed by atoms with Crippen molar-refractivity contribution in [1.82, 2.24) is 19.5 Å². The molecule has 1 aromatic carbocycles. The summed E-state index contributed by atoms with van der Waals surface area (Å²) in [5.41, 5.74) is 4.88. The highest BCUT2D eigenvalue weighted by atomic mass is 16.5. The third kappa shape index (κ3) is 4.78. The molecule has 0 amide bonds. The number of ether oxygens (including phenoxy) is 1. The van der Waals surface area contributed by atoms with Crippen LogP contribution < -0.4 is 4.74 Å². The van der Waals surface area contributed by atoms with Gasteiger partial charge in [0.05, 0.1) is 17.7 Å². The van der Waals surface area contributed by atoms with Crippen LogP contribution in [0.4, 0.5) is 0 Å². The quantitative estimate of drug-likeness (QED) is 0.437. The summed E-state index contributed by atoms with van der Waals surface area (Å²) >= 11 is 0. The van der Waals surface area contributed by atoms with Gasteiger partial charge in [0.15, 0.2) is 5.78 Å². The maximum atomic E-state index is 12.5. The van der Waals surface area contributed by atoms with Crippen LogP contribution in [-0.2, 0) is 20.1 Å². The molecule has 3 aromatic heterocycles. The highest BCUT2D eigenvalue weighted by molar-refractivity contribution is 5.95. The number of hydrogen-bond acceptors (Lipinski definition) is 5. The second-order valence-corrected chi connectivity index (χ2v) is 7.16. The standard InChI is InChI=1S/C24H22N4O2/c1-17-4-3-5-22(27-17)24(29)13-18-10-11-25-23(12-18)19-6-8-21(9-7-19)30-15-20-14-28(2)16-26-20/h3-12,14,16H,13,15H2,1-2H3. The fraction of sp³-hybridized carbons (Fsp3) is 0.167. The van der Waals surface area contributed by atoms with Crippen molar-refractivity contribution in [3.8, 4) is 17.0 Å². The van der Waals surface area contributed by atoms with Crippen LogP contribution in [-0.4, -0.2) is 25.3 Å². The minimum absolute atomic E-state index is 0.00545. The summed E-state index contributed by atoms with van der Waals surface area (Å²) in [5, 5.41) is 0. The van der Waals surface area contributed by atoms with Crippen LogP contribution in [0.25, 0.3) is 11.3 Å². The van der Waals surface area contributed by atoms with Gasteiger partial charge in [-0.1, -0.05) is 6.07 Å². The molecule has 4 rings (SSSR count). The molecule has 0 radical (unpaired) electrons. The number of nitrogens with zero attached hydrogens (tertiary/aromatic N) is 4. The number of rotatable bonds is 7. The normalized spacial score (nSPS) is 10.7. The number of pyridine rings is 2. The molecule has 0 aliphatic carbocycles. The predicted molar refractivity (Wildman–Crippen MR) is 114 cm³/mol. The lowest BCUT2D eigenvalue weighted by Crippen LogP contribution is -2.06. The van der Waals surface area contributed by atoms with Gasteiger partial charge in [0.1, 0.15) is 18.1 Å². The smallest absolute Gasteiger partial charge is 0.185 e. The summed E-state index contributed by atoms with van der Waals surface area (Å²) in [4.78, 5) is 25.6. The Morgan fingerprint density at radius 1 is 1.07 bits per heavy atom. The Hall–Kier alpha value is -3.80. The molecule has 0 saturated heterocycles. The van der Waals surface area contributed by atoms with Gasteiger partial charge in [-0.25, -0.2) is 4.98 Å². The minimum Gasteiger partial charge on any atom is -0.487 e. The molecule has 0 aliphatic rings. The molecule has 4 aromatic rings. The molecule has 6 nitrogen and oxygen atoms in total. The van der Waals surface area contributed by atoms with Gasteiger partial charge in [0.25, 0.3) is 0 Å². The zero-order valence-electron chi connectivity index (χ0n) is 16.9. The molecule has 6 heteroatoms. The van der Waals surface area contributed by atoms with Crippen LogP contribution in [0, 0.1) is 6.92 Å². The van der Waals surface area contributed by atoms with E-state index in [1.54, 1.807) is 18.6 Å². The molecule has 0 fully saturated rings. The summed E-state index contributed by atoms with van der Waals surface area (Å²) in [5.74, 6) is 0.760. The van der Waals surface area contributed by atoms with E-state index in [-0.39, 0.29) is 12.2 Å². The van der Waals surface area contributed by atoms with Gasteiger partial charge in [-0.3, -0.25) is 14.8 Å². The number of ketones is 1. The zero-order valence-corrected chi connectivity index (χ0v) is 16.9. The maximum absolute atomic E-state index is 12.5. The second kappa shape index (κ2) is 8.69. The van der Waals surface area contributed by atoms with Crippen molar-refractivity contribution in [2.45, 2.75) is 20.0 Å². The number of imidazole rings is 1. The van der Waals surface area contributed by atoms with Crippen LogP contribution in [0.1, 0.15) is 27.4 Å². The summed E-state index contributed by atoms with van der Waals surface area (Å²) in [6, 6.07) is 17.0. The fourth-order valence-electron chi connectivity index (χ4n) is 3.14. The average Bonchev–Trinajstić information content (AvgIpc) is 3.18. The molecule has 0 aliphatic heterocycles. The fourth-order valence-corrected chi connectivity index (χ4v) is 3.14. The highest BCUT2D eigenvalue weighted by Gasteiger charge is 2.10. The molecule has 3 heterocycles. The average molecular weight is 398 g/mol. The van der Waals surface area contributed by atoms with Crippen LogP contribution in [0.5, 0.6) is 5.75 Å². The van der Waals surface area contributed by atoms with Crippen LogP contribution >= 0.6 is 0 Å². The number of carbonyl (C=O) groups is 1. The van der Waals surface area contributed by atoms with E-state index in [0.29, 0.717) is 12.3 Å². The van der Waals surface area contributed by atoms with Gasteiger partial charge in [-0.05, 0) is 61.0 Å². The number of carbonyl (C=O) groups excluding carboxylic acids is 1. The second-order valence-electron chi connectivity index (χ2n) is 7.16. The third-order valence-electron chi connectivity index (χ3n) is 4.66. The van der Waals surface area contributed by atoms with Crippen molar-refractivity contribution in [2.75, 3.05) is 0 Å². The zero-order chi connectivity index (χ0) is 20.9. The Morgan fingerprint density at radius 2 is 1.90 bits per heavy atom. The van der Waals surface area contributed by atoms with Crippen molar-refractivity contribution < 1.29 is 9.53 Å². The van der Waals surface area contributed by atoms with E-state index < -0.39 is 0 Å². The number of hydrogen-bond donors (Lipinski definition) is 0. The lowest BCUT2D eigenvalue weighted by Gasteiger charge is -2.07. The summed E-state index contributed by atoms with van der Waals surface area (Å²) < 4.78 is 7.67. The molecule has 0 spiro atoms. The van der Waals surface area contributed by atoms with E-state index in [4.69, 9.17) is 4.74 Å². The Morgan fingerprint density at radius 3 is 2.63 bits per heavy atom. The summed E-state index contributed by atoms with van der Waals surface area (Å²) in [6.45, 7) is 2.30. The van der Waals surface area contributed by atoms with Gasteiger partial charge >= 0.3 is 0 Å². The Labute approximate surface area is 175 Å². The lowest BCUT2D eigenvalue weighted by atomic mass is 10.0. The van der Waals surface area contributed by atoms with E-state index in [1.807, 2.05) is 73.3 Å². The Bertz CT molecular complexity index is 1170. The van der Waals surface area contributed by atoms with Crippen LogP contribution in [0.3, 0.4) is 0 Å². The number of Topliss-reactive ketones (excluding diaryl/α,β-unsaturated/α-hetero) is 1. The van der Waals surface area contributed by atoms with E-state index in [2.05, 4.69) is 15.0 Å². The van der Waals surface area contributed by atoms with Crippen molar-refractivity contribution in [3.63, 3.8) is 0 Å². The first-order valence-corrected chi connectivity index (χ1v) is 9.69. The molecule has 0 unspecified atom stereocenters. The van der Waals surface area contributed by atoms with Gasteiger partial charge in [0, 0.05) is 37.1 Å². The van der Waals surface area contributed by atoms with Crippen LogP contribution in [0.15, 0.2) is 73.3 Å². The van der Waals surface area contributed by atoms with E-state index in [1.165, 1.54) is 0 Å². The molecule has 0 N–H and O–H groups in total. The van der Waals surface area contributed by atoms with E-state index in [0.717, 1.165) is 34.0 Å². The van der Waals surface area contributed by atoms with Crippen molar-refractivity contribution in [3.05, 3.63) is 96.0 Å². The van der Waals surface area contributed by atoms with Crippen molar-refractivity contribution in [1.29, 1.82) is 0 Å². The molecular formula is C24H22N4O2. The van der Waals surface area contributed by atoms with Gasteiger partial charge in [-0.2, -0.15) is 0 Å². The molecule has 0 saturated carbocycles. The van der Waals surface area contributed by atoms with Gasteiger partial charge < -0.3 is 9.30 Å². The molecule has 0 atom stereocenters. The topological polar surface area (TPSA) is 69.9 Å². The largest absolute Gasteiger partial charge is 0.487 e.